The van der Waals surface area contributed by atoms with Crippen molar-refractivity contribution in [3.05, 3.63) is 63.6 Å². The van der Waals surface area contributed by atoms with Crippen molar-refractivity contribution in [2.45, 2.75) is 33.2 Å². The lowest BCUT2D eigenvalue weighted by Crippen LogP contribution is -2.02. The molecule has 0 unspecified atom stereocenters. The number of anilines is 1. The number of halogens is 1. The molecule has 0 bridgehead atoms. The molecule has 0 saturated carbocycles. The average Bonchev–Trinajstić information content (AvgIpc) is 2.42. The lowest BCUT2D eigenvalue weighted by atomic mass is 10.1. The van der Waals surface area contributed by atoms with Gasteiger partial charge in [-0.25, -0.2) is 0 Å². The zero-order valence-electron chi connectivity index (χ0n) is 11.5. The number of hydrogen-bond donors (Lipinski definition) is 1. The van der Waals surface area contributed by atoms with Gasteiger partial charge in [-0.15, -0.1) is 0 Å². The Hall–Kier alpha value is -1.28. The summed E-state index contributed by atoms with van der Waals surface area (Å²) in [6, 6.07) is 15.1. The van der Waals surface area contributed by atoms with Gasteiger partial charge in [-0.2, -0.15) is 0 Å². The first-order valence-corrected chi connectivity index (χ1v) is 7.57. The third-order valence-electron chi connectivity index (χ3n) is 3.24. The first-order valence-electron chi connectivity index (χ1n) is 6.77. The molecule has 0 spiro atoms. The van der Waals surface area contributed by atoms with Crippen molar-refractivity contribution in [2.24, 2.45) is 0 Å². The van der Waals surface area contributed by atoms with Crippen molar-refractivity contribution < 1.29 is 0 Å². The molecule has 0 amide bonds. The van der Waals surface area contributed by atoms with Gasteiger partial charge in [-0.05, 0) is 42.2 Å². The quantitative estimate of drug-likeness (QED) is 0.786. The Morgan fingerprint density at radius 3 is 2.63 bits per heavy atom. The summed E-state index contributed by atoms with van der Waals surface area (Å²) in [5.74, 6) is 0. The lowest BCUT2D eigenvalue weighted by molar-refractivity contribution is 0.919. The van der Waals surface area contributed by atoms with Crippen molar-refractivity contribution in [3.63, 3.8) is 0 Å². The molecule has 0 atom stereocenters. The molecule has 2 aromatic rings. The van der Waals surface area contributed by atoms with Crippen LogP contribution in [0.15, 0.2) is 46.9 Å². The molecule has 1 nitrogen and oxygen atoms in total. The highest BCUT2D eigenvalue weighted by molar-refractivity contribution is 9.10. The van der Waals surface area contributed by atoms with Gasteiger partial charge in [0.05, 0.1) is 0 Å². The monoisotopic (exact) mass is 317 g/mol. The fourth-order valence-electron chi connectivity index (χ4n) is 2.19. The normalized spacial score (nSPS) is 10.5. The molecule has 19 heavy (non-hydrogen) atoms. The van der Waals surface area contributed by atoms with Gasteiger partial charge in [0.25, 0.3) is 0 Å². The molecule has 0 aliphatic rings. The Kier molecular flexibility index (Phi) is 5.03. The van der Waals surface area contributed by atoms with Crippen molar-refractivity contribution in [2.75, 3.05) is 5.32 Å². The Bertz CT molecular complexity index is 549. The fraction of sp³-hybridized carbons (Fsp3) is 0.294. The SMILES string of the molecule is CCCc1ccccc1NCc1ccc(Br)c(C)c1. The minimum atomic E-state index is 0.870. The van der Waals surface area contributed by atoms with Crippen molar-refractivity contribution in [1.29, 1.82) is 0 Å². The van der Waals surface area contributed by atoms with Gasteiger partial charge in [0.15, 0.2) is 0 Å². The summed E-state index contributed by atoms with van der Waals surface area (Å²) in [6.07, 6.45) is 2.30. The maximum absolute atomic E-state index is 3.55. The first kappa shape index (κ1) is 14.1. The smallest absolute Gasteiger partial charge is 0.0400 e. The number of para-hydroxylation sites is 1. The topological polar surface area (TPSA) is 12.0 Å². The Morgan fingerprint density at radius 2 is 1.89 bits per heavy atom. The standard InChI is InChI=1S/C17H20BrN/c1-3-6-15-7-4-5-8-17(15)19-12-14-9-10-16(18)13(2)11-14/h4-5,7-11,19H,3,6,12H2,1-2H3. The van der Waals surface area contributed by atoms with Crippen molar-refractivity contribution in [3.8, 4) is 0 Å². The minimum absolute atomic E-state index is 0.870. The minimum Gasteiger partial charge on any atom is -0.381 e. The first-order chi connectivity index (χ1) is 9.20. The van der Waals surface area contributed by atoms with Crippen LogP contribution in [0.1, 0.15) is 30.0 Å². The molecular weight excluding hydrogens is 298 g/mol. The van der Waals surface area contributed by atoms with Crippen LogP contribution in [0.4, 0.5) is 5.69 Å². The zero-order chi connectivity index (χ0) is 13.7. The van der Waals surface area contributed by atoms with Gasteiger partial charge >= 0.3 is 0 Å². The second-order valence-electron chi connectivity index (χ2n) is 4.84. The van der Waals surface area contributed by atoms with Crippen LogP contribution in [0.2, 0.25) is 0 Å². The highest BCUT2D eigenvalue weighted by atomic mass is 79.9. The predicted octanol–water partition coefficient (Wildman–Crippen LogP) is 5.32. The summed E-state index contributed by atoms with van der Waals surface area (Å²) in [7, 11) is 0. The highest BCUT2D eigenvalue weighted by Gasteiger charge is 2.01. The van der Waals surface area contributed by atoms with Crippen LogP contribution in [-0.2, 0) is 13.0 Å². The van der Waals surface area contributed by atoms with E-state index < -0.39 is 0 Å². The fourth-order valence-corrected chi connectivity index (χ4v) is 2.44. The van der Waals surface area contributed by atoms with E-state index >= 15 is 0 Å². The van der Waals surface area contributed by atoms with E-state index in [1.165, 1.54) is 33.3 Å². The van der Waals surface area contributed by atoms with Crippen molar-refractivity contribution >= 4 is 21.6 Å². The van der Waals surface area contributed by atoms with Gasteiger partial charge in [0, 0.05) is 16.7 Å². The number of hydrogen-bond acceptors (Lipinski definition) is 1. The van der Waals surface area contributed by atoms with E-state index in [-0.39, 0.29) is 0 Å². The molecule has 0 saturated heterocycles. The Morgan fingerprint density at radius 1 is 1.11 bits per heavy atom. The van der Waals surface area contributed by atoms with Crippen LogP contribution in [0.3, 0.4) is 0 Å². The van der Waals surface area contributed by atoms with Gasteiger partial charge in [0.2, 0.25) is 0 Å². The molecule has 0 radical (unpaired) electrons. The van der Waals surface area contributed by atoms with Gasteiger partial charge in [0.1, 0.15) is 0 Å². The van der Waals surface area contributed by atoms with Gasteiger partial charge in [-0.1, -0.05) is 59.6 Å². The van der Waals surface area contributed by atoms with Crippen LogP contribution in [0, 0.1) is 6.92 Å². The summed E-state index contributed by atoms with van der Waals surface area (Å²) < 4.78 is 1.17. The second kappa shape index (κ2) is 6.76. The van der Waals surface area contributed by atoms with E-state index in [9.17, 15) is 0 Å². The molecule has 0 heterocycles. The maximum atomic E-state index is 3.55. The third-order valence-corrected chi connectivity index (χ3v) is 4.13. The lowest BCUT2D eigenvalue weighted by Gasteiger charge is -2.12. The summed E-state index contributed by atoms with van der Waals surface area (Å²) in [6.45, 7) is 5.21. The number of benzene rings is 2. The van der Waals surface area contributed by atoms with E-state index in [2.05, 4.69) is 77.6 Å². The number of aryl methyl sites for hydroxylation is 2. The predicted molar refractivity (Wildman–Crippen MR) is 86.6 cm³/mol. The number of rotatable bonds is 5. The Balaban J connectivity index is 2.07. The molecule has 1 N–H and O–H groups in total. The molecule has 100 valence electrons. The summed E-state index contributed by atoms with van der Waals surface area (Å²) in [5, 5.41) is 3.55. The molecule has 2 heteroatoms. The largest absolute Gasteiger partial charge is 0.381 e. The summed E-state index contributed by atoms with van der Waals surface area (Å²) >= 11 is 3.54. The molecule has 2 aromatic carbocycles. The highest BCUT2D eigenvalue weighted by Crippen LogP contribution is 2.20. The molecule has 0 aromatic heterocycles. The average molecular weight is 318 g/mol. The van der Waals surface area contributed by atoms with E-state index in [0.717, 1.165) is 13.0 Å². The molecule has 0 aliphatic carbocycles. The summed E-state index contributed by atoms with van der Waals surface area (Å²) in [4.78, 5) is 0. The van der Waals surface area contributed by atoms with E-state index in [1.54, 1.807) is 0 Å². The zero-order valence-corrected chi connectivity index (χ0v) is 13.1. The van der Waals surface area contributed by atoms with Gasteiger partial charge < -0.3 is 5.32 Å². The van der Waals surface area contributed by atoms with E-state index in [4.69, 9.17) is 0 Å². The van der Waals surface area contributed by atoms with Crippen LogP contribution >= 0.6 is 15.9 Å². The van der Waals surface area contributed by atoms with E-state index in [0.29, 0.717) is 0 Å². The van der Waals surface area contributed by atoms with Crippen LogP contribution in [-0.4, -0.2) is 0 Å². The van der Waals surface area contributed by atoms with E-state index in [1.807, 2.05) is 0 Å². The molecule has 2 rings (SSSR count). The van der Waals surface area contributed by atoms with Crippen LogP contribution in [0.25, 0.3) is 0 Å². The van der Waals surface area contributed by atoms with Crippen LogP contribution < -0.4 is 5.32 Å². The second-order valence-corrected chi connectivity index (χ2v) is 5.70. The van der Waals surface area contributed by atoms with Crippen molar-refractivity contribution in [1.82, 2.24) is 0 Å². The maximum Gasteiger partial charge on any atom is 0.0400 e. The summed E-state index contributed by atoms with van der Waals surface area (Å²) in [5.41, 5.74) is 5.25. The Labute approximate surface area is 124 Å². The molecule has 0 aliphatic heterocycles. The molecular formula is C17H20BrN. The number of nitrogens with one attached hydrogen (secondary N) is 1. The third kappa shape index (κ3) is 3.84. The van der Waals surface area contributed by atoms with Crippen LogP contribution in [0.5, 0.6) is 0 Å². The molecule has 0 fully saturated rings. The van der Waals surface area contributed by atoms with Gasteiger partial charge in [-0.3, -0.25) is 0 Å².